The predicted molar refractivity (Wildman–Crippen MR) is 75.7 cm³/mol. The van der Waals surface area contributed by atoms with E-state index in [4.69, 9.17) is 21.1 Å². The molecule has 1 atom stereocenters. The second-order valence-electron chi connectivity index (χ2n) is 5.22. The van der Waals surface area contributed by atoms with Crippen LogP contribution < -0.4 is 5.32 Å². The summed E-state index contributed by atoms with van der Waals surface area (Å²) < 4.78 is 9.83. The lowest BCUT2D eigenvalue weighted by Gasteiger charge is -2.22. The van der Waals surface area contributed by atoms with E-state index in [1.165, 1.54) is 6.33 Å². The van der Waals surface area contributed by atoms with Gasteiger partial charge in [-0.25, -0.2) is 19.6 Å². The quantitative estimate of drug-likeness (QED) is 0.656. The molecular weight excluding hydrogens is 298 g/mol. The average Bonchev–Trinajstić information content (AvgIpc) is 2.37. The maximum Gasteiger partial charge on any atom is 0.408 e. The highest BCUT2D eigenvalue weighted by atomic mass is 35.5. The summed E-state index contributed by atoms with van der Waals surface area (Å²) in [7, 11) is 0. The lowest BCUT2D eigenvalue weighted by Crippen LogP contribution is -2.45. The summed E-state index contributed by atoms with van der Waals surface area (Å²) in [6.07, 6.45) is 3.93. The number of rotatable bonds is 5. The Labute approximate surface area is 128 Å². The van der Waals surface area contributed by atoms with Crippen LogP contribution in [0.5, 0.6) is 0 Å². The molecule has 116 valence electrons. The maximum atomic E-state index is 11.8. The number of alkyl carbamates (subject to hydrolysis) is 1. The first-order chi connectivity index (χ1) is 9.81. The zero-order valence-corrected chi connectivity index (χ0v) is 12.9. The number of alkyl halides is 1. The Morgan fingerprint density at radius 1 is 1.33 bits per heavy atom. The van der Waals surface area contributed by atoms with E-state index >= 15 is 0 Å². The molecule has 1 rings (SSSR count). The first kappa shape index (κ1) is 17.2. The third-order valence-electron chi connectivity index (χ3n) is 2.23. The highest BCUT2D eigenvalue weighted by molar-refractivity contribution is 6.17. The first-order valence-electron chi connectivity index (χ1n) is 6.28. The molecule has 1 amide bonds. The molecule has 1 N–H and O–H groups in total. The number of hydrogen-bond acceptors (Lipinski definition) is 6. The largest absolute Gasteiger partial charge is 0.448 e. The van der Waals surface area contributed by atoms with Crippen LogP contribution in [0.15, 0.2) is 18.7 Å². The van der Waals surface area contributed by atoms with E-state index in [1.54, 1.807) is 33.2 Å². The van der Waals surface area contributed by atoms with Crippen molar-refractivity contribution in [2.24, 2.45) is 0 Å². The molecule has 0 spiro atoms. The maximum absolute atomic E-state index is 11.8. The minimum Gasteiger partial charge on any atom is -0.448 e. The van der Waals surface area contributed by atoms with Crippen LogP contribution in [-0.2, 0) is 20.7 Å². The van der Waals surface area contributed by atoms with Gasteiger partial charge in [-0.1, -0.05) is 11.6 Å². The zero-order chi connectivity index (χ0) is 15.9. The fraction of sp³-hybridized carbons (Fsp3) is 0.538. The van der Waals surface area contributed by atoms with Crippen LogP contribution in [0, 0.1) is 0 Å². The smallest absolute Gasteiger partial charge is 0.408 e. The van der Waals surface area contributed by atoms with Gasteiger partial charge in [0, 0.05) is 18.8 Å². The Kier molecular flexibility index (Phi) is 6.36. The Balaban J connectivity index is 2.73. The van der Waals surface area contributed by atoms with Crippen molar-refractivity contribution >= 4 is 23.7 Å². The monoisotopic (exact) mass is 315 g/mol. The fourth-order valence-electron chi connectivity index (χ4n) is 1.47. The summed E-state index contributed by atoms with van der Waals surface area (Å²) in [6.45, 7) is 5.18. The van der Waals surface area contributed by atoms with Crippen LogP contribution in [0.25, 0.3) is 0 Å². The van der Waals surface area contributed by atoms with Gasteiger partial charge in [-0.15, -0.1) is 0 Å². The number of aromatic nitrogens is 2. The summed E-state index contributed by atoms with van der Waals surface area (Å²) in [5.41, 5.74) is 0.00558. The van der Waals surface area contributed by atoms with E-state index in [0.717, 1.165) is 0 Å². The van der Waals surface area contributed by atoms with Crippen molar-refractivity contribution < 1.29 is 19.1 Å². The number of halogens is 1. The first-order valence-corrected chi connectivity index (χ1v) is 6.81. The van der Waals surface area contributed by atoms with Crippen LogP contribution in [-0.4, -0.2) is 39.7 Å². The van der Waals surface area contributed by atoms with Crippen molar-refractivity contribution in [1.29, 1.82) is 0 Å². The molecule has 1 aromatic rings. The summed E-state index contributed by atoms with van der Waals surface area (Å²) >= 11 is 5.37. The Hall–Kier alpha value is -1.89. The fourth-order valence-corrected chi connectivity index (χ4v) is 1.58. The van der Waals surface area contributed by atoms with E-state index in [0.29, 0.717) is 5.56 Å². The van der Waals surface area contributed by atoms with Gasteiger partial charge in [-0.05, 0) is 26.3 Å². The highest BCUT2D eigenvalue weighted by Gasteiger charge is 2.25. The number of carbonyl (C=O) groups excluding carboxylic acids is 2. The van der Waals surface area contributed by atoms with Gasteiger partial charge in [0.15, 0.2) is 6.07 Å². The van der Waals surface area contributed by atoms with Crippen LogP contribution in [0.3, 0.4) is 0 Å². The van der Waals surface area contributed by atoms with E-state index in [2.05, 4.69) is 15.3 Å². The highest BCUT2D eigenvalue weighted by Crippen LogP contribution is 2.08. The standard InChI is InChI=1S/C13H18ClN3O4/c1-13(2,3)21-12(19)17-10(11(18)20-7-14)4-9-5-15-8-16-6-9/h5-6,8,10H,4,7H2,1-3H3,(H,17,19)/t10-/m0/s1. The van der Waals surface area contributed by atoms with Crippen LogP contribution >= 0.6 is 11.6 Å². The van der Waals surface area contributed by atoms with Gasteiger partial charge >= 0.3 is 12.1 Å². The van der Waals surface area contributed by atoms with Gasteiger partial charge in [-0.2, -0.15) is 0 Å². The lowest BCUT2D eigenvalue weighted by molar-refractivity contribution is -0.144. The number of hydrogen-bond donors (Lipinski definition) is 1. The molecule has 1 aromatic heterocycles. The molecule has 0 aromatic carbocycles. The summed E-state index contributed by atoms with van der Waals surface area (Å²) in [5.74, 6) is -0.653. The topological polar surface area (TPSA) is 90.4 Å². The van der Waals surface area contributed by atoms with E-state index in [-0.39, 0.29) is 12.5 Å². The third-order valence-corrected chi connectivity index (χ3v) is 2.34. The number of nitrogens with zero attached hydrogens (tertiary/aromatic N) is 2. The van der Waals surface area contributed by atoms with Crippen molar-refractivity contribution in [3.05, 3.63) is 24.3 Å². The molecule has 0 saturated carbocycles. The average molecular weight is 316 g/mol. The summed E-state index contributed by atoms with van der Waals surface area (Å²) in [4.78, 5) is 31.3. The van der Waals surface area contributed by atoms with E-state index < -0.39 is 23.7 Å². The molecule has 0 aliphatic rings. The second-order valence-corrected chi connectivity index (χ2v) is 5.44. The predicted octanol–water partition coefficient (Wildman–Crippen LogP) is 1.65. The molecule has 0 fully saturated rings. The number of carbonyl (C=O) groups is 2. The number of nitrogens with one attached hydrogen (secondary N) is 1. The number of ether oxygens (including phenoxy) is 2. The normalized spacial score (nSPS) is 12.4. The number of esters is 1. The Bertz CT molecular complexity index is 476. The molecule has 0 radical (unpaired) electrons. The van der Waals surface area contributed by atoms with Gasteiger partial charge in [-0.3, -0.25) is 0 Å². The Morgan fingerprint density at radius 3 is 2.48 bits per heavy atom. The van der Waals surface area contributed by atoms with Gasteiger partial charge in [0.05, 0.1) is 0 Å². The van der Waals surface area contributed by atoms with E-state index in [1.807, 2.05) is 0 Å². The van der Waals surface area contributed by atoms with E-state index in [9.17, 15) is 9.59 Å². The Morgan fingerprint density at radius 2 is 1.95 bits per heavy atom. The molecule has 0 unspecified atom stereocenters. The third kappa shape index (κ3) is 6.89. The summed E-state index contributed by atoms with van der Waals surface area (Å²) in [6, 6.07) is -1.22. The molecular formula is C13H18ClN3O4. The molecule has 1 heterocycles. The number of amides is 1. The molecule has 8 heteroatoms. The molecule has 0 aliphatic carbocycles. The van der Waals surface area contributed by atoms with Gasteiger partial charge < -0.3 is 14.8 Å². The molecule has 7 nitrogen and oxygen atoms in total. The van der Waals surface area contributed by atoms with Crippen LogP contribution in [0.4, 0.5) is 4.79 Å². The van der Waals surface area contributed by atoms with Crippen molar-refractivity contribution in [1.82, 2.24) is 15.3 Å². The van der Waals surface area contributed by atoms with Gasteiger partial charge in [0.2, 0.25) is 0 Å². The molecule has 21 heavy (non-hydrogen) atoms. The van der Waals surface area contributed by atoms with Crippen molar-refractivity contribution in [3.63, 3.8) is 0 Å². The summed E-state index contributed by atoms with van der Waals surface area (Å²) in [5, 5.41) is 2.46. The van der Waals surface area contributed by atoms with Crippen LogP contribution in [0.1, 0.15) is 26.3 Å². The second kappa shape index (κ2) is 7.78. The van der Waals surface area contributed by atoms with Crippen LogP contribution in [0.2, 0.25) is 0 Å². The van der Waals surface area contributed by atoms with Gasteiger partial charge in [0.1, 0.15) is 18.0 Å². The van der Waals surface area contributed by atoms with Crippen molar-refractivity contribution in [2.75, 3.05) is 6.07 Å². The van der Waals surface area contributed by atoms with Crippen molar-refractivity contribution in [3.8, 4) is 0 Å². The van der Waals surface area contributed by atoms with Crippen molar-refractivity contribution in [2.45, 2.75) is 38.8 Å². The molecule has 0 saturated heterocycles. The zero-order valence-electron chi connectivity index (χ0n) is 12.1. The SMILES string of the molecule is CC(C)(C)OC(=O)N[C@@H](Cc1cncnc1)C(=O)OCCl. The molecule has 0 bridgehead atoms. The minimum atomic E-state index is -0.926. The lowest BCUT2D eigenvalue weighted by atomic mass is 10.1. The minimum absolute atomic E-state index is 0.176. The van der Waals surface area contributed by atoms with Gasteiger partial charge in [0.25, 0.3) is 0 Å². The molecule has 0 aliphatic heterocycles.